The molecule has 15 heavy (non-hydrogen) atoms. The van der Waals surface area contributed by atoms with E-state index in [9.17, 15) is 4.79 Å². The highest BCUT2D eigenvalue weighted by Gasteiger charge is 2.03. The Morgan fingerprint density at radius 2 is 2.27 bits per heavy atom. The Morgan fingerprint density at radius 1 is 1.53 bits per heavy atom. The van der Waals surface area contributed by atoms with Crippen LogP contribution in [0.5, 0.6) is 0 Å². The standard InChI is InChI=1S/C10H11BrN2OS/c11-8-3-1-2-7(4-8)5-10(14)13-6-9(12)15/h1-4H,5-6H2,(H2,12,15)(H,13,14). The molecule has 0 aromatic heterocycles. The first-order valence-electron chi connectivity index (χ1n) is 4.37. The highest BCUT2D eigenvalue weighted by Crippen LogP contribution is 2.11. The molecule has 0 saturated carbocycles. The fraction of sp³-hybridized carbons (Fsp3) is 0.200. The lowest BCUT2D eigenvalue weighted by Gasteiger charge is -2.04. The number of rotatable bonds is 4. The molecular weight excluding hydrogens is 276 g/mol. The molecule has 0 atom stereocenters. The summed E-state index contributed by atoms with van der Waals surface area (Å²) in [4.78, 5) is 11.7. The van der Waals surface area contributed by atoms with Crippen LogP contribution in [0.3, 0.4) is 0 Å². The zero-order chi connectivity index (χ0) is 11.3. The van der Waals surface area contributed by atoms with Crippen molar-refractivity contribution in [3.8, 4) is 0 Å². The van der Waals surface area contributed by atoms with Crippen LogP contribution >= 0.6 is 28.1 Å². The number of nitrogens with two attached hydrogens (primary N) is 1. The van der Waals surface area contributed by atoms with Crippen LogP contribution in [0.2, 0.25) is 0 Å². The predicted octanol–water partition coefficient (Wildman–Crippen LogP) is 1.39. The second kappa shape index (κ2) is 5.82. The van der Waals surface area contributed by atoms with Gasteiger partial charge in [0.15, 0.2) is 0 Å². The van der Waals surface area contributed by atoms with Crippen molar-refractivity contribution in [1.82, 2.24) is 5.32 Å². The largest absolute Gasteiger partial charge is 0.392 e. The fourth-order valence-electron chi connectivity index (χ4n) is 1.08. The highest BCUT2D eigenvalue weighted by atomic mass is 79.9. The van der Waals surface area contributed by atoms with Crippen molar-refractivity contribution in [3.05, 3.63) is 34.3 Å². The Balaban J connectivity index is 2.48. The molecule has 0 spiro atoms. The van der Waals surface area contributed by atoms with E-state index >= 15 is 0 Å². The molecule has 1 aromatic rings. The number of halogens is 1. The van der Waals surface area contributed by atoms with Gasteiger partial charge in [-0.25, -0.2) is 0 Å². The lowest BCUT2D eigenvalue weighted by molar-refractivity contribution is -0.120. The van der Waals surface area contributed by atoms with Gasteiger partial charge in [-0.15, -0.1) is 0 Å². The molecule has 0 aliphatic carbocycles. The molecule has 0 fully saturated rings. The van der Waals surface area contributed by atoms with Crippen molar-refractivity contribution < 1.29 is 4.79 Å². The molecule has 80 valence electrons. The van der Waals surface area contributed by atoms with Gasteiger partial charge in [-0.3, -0.25) is 4.79 Å². The van der Waals surface area contributed by atoms with Crippen molar-refractivity contribution in [2.75, 3.05) is 6.54 Å². The Morgan fingerprint density at radius 3 is 2.87 bits per heavy atom. The molecule has 0 aliphatic heterocycles. The van der Waals surface area contributed by atoms with Crippen LogP contribution in [0.15, 0.2) is 28.7 Å². The number of carbonyl (C=O) groups excluding carboxylic acids is 1. The summed E-state index contributed by atoms with van der Waals surface area (Å²) in [7, 11) is 0. The molecule has 3 N–H and O–H groups in total. The van der Waals surface area contributed by atoms with E-state index in [1.54, 1.807) is 0 Å². The third-order valence-electron chi connectivity index (χ3n) is 1.71. The summed E-state index contributed by atoms with van der Waals surface area (Å²) in [5.74, 6) is -0.0825. The van der Waals surface area contributed by atoms with Crippen LogP contribution in [0, 0.1) is 0 Å². The monoisotopic (exact) mass is 286 g/mol. The smallest absolute Gasteiger partial charge is 0.224 e. The maximum atomic E-state index is 11.4. The number of carbonyl (C=O) groups is 1. The van der Waals surface area contributed by atoms with Gasteiger partial charge in [0.2, 0.25) is 5.91 Å². The third kappa shape index (κ3) is 4.90. The maximum Gasteiger partial charge on any atom is 0.224 e. The molecule has 0 heterocycles. The van der Waals surface area contributed by atoms with Gasteiger partial charge in [0, 0.05) is 4.47 Å². The maximum absolute atomic E-state index is 11.4. The van der Waals surface area contributed by atoms with Crippen LogP contribution in [0.1, 0.15) is 5.56 Å². The molecule has 1 amide bonds. The lowest BCUT2D eigenvalue weighted by atomic mass is 10.1. The third-order valence-corrected chi connectivity index (χ3v) is 2.35. The van der Waals surface area contributed by atoms with Gasteiger partial charge in [-0.2, -0.15) is 0 Å². The van der Waals surface area contributed by atoms with E-state index in [1.807, 2.05) is 24.3 Å². The quantitative estimate of drug-likeness (QED) is 0.823. The summed E-state index contributed by atoms with van der Waals surface area (Å²) < 4.78 is 0.960. The number of benzene rings is 1. The van der Waals surface area contributed by atoms with E-state index in [0.717, 1.165) is 10.0 Å². The van der Waals surface area contributed by atoms with Gasteiger partial charge in [-0.1, -0.05) is 40.3 Å². The lowest BCUT2D eigenvalue weighted by Crippen LogP contribution is -2.33. The first-order valence-corrected chi connectivity index (χ1v) is 5.57. The van der Waals surface area contributed by atoms with Gasteiger partial charge in [0.1, 0.15) is 0 Å². The minimum Gasteiger partial charge on any atom is -0.392 e. The van der Waals surface area contributed by atoms with Crippen LogP contribution < -0.4 is 11.1 Å². The van der Waals surface area contributed by atoms with Crippen molar-refractivity contribution in [3.63, 3.8) is 0 Å². The second-order valence-electron chi connectivity index (χ2n) is 3.05. The SMILES string of the molecule is NC(=S)CNC(=O)Cc1cccc(Br)c1. The molecular formula is C10H11BrN2OS. The van der Waals surface area contributed by atoms with Crippen LogP contribution in [-0.4, -0.2) is 17.4 Å². The zero-order valence-electron chi connectivity index (χ0n) is 8.00. The zero-order valence-corrected chi connectivity index (χ0v) is 10.4. The number of thiocarbonyl (C=S) groups is 1. The number of hydrogen-bond acceptors (Lipinski definition) is 2. The van der Waals surface area contributed by atoms with E-state index < -0.39 is 0 Å². The molecule has 0 radical (unpaired) electrons. The molecule has 0 unspecified atom stereocenters. The van der Waals surface area contributed by atoms with Gasteiger partial charge >= 0.3 is 0 Å². The number of amides is 1. The minimum atomic E-state index is -0.0825. The molecule has 5 heteroatoms. The molecule has 3 nitrogen and oxygen atoms in total. The molecule has 0 saturated heterocycles. The summed E-state index contributed by atoms with van der Waals surface area (Å²) >= 11 is 8.00. The van der Waals surface area contributed by atoms with Gasteiger partial charge in [0.25, 0.3) is 0 Å². The minimum absolute atomic E-state index is 0.0825. The van der Waals surface area contributed by atoms with Gasteiger partial charge in [0.05, 0.1) is 18.0 Å². The summed E-state index contributed by atoms with van der Waals surface area (Å²) in [6, 6.07) is 7.60. The summed E-state index contributed by atoms with van der Waals surface area (Å²) in [5.41, 5.74) is 6.22. The molecule has 0 aliphatic rings. The Kier molecular flexibility index (Phi) is 4.71. The van der Waals surface area contributed by atoms with E-state index in [2.05, 4.69) is 33.5 Å². The van der Waals surface area contributed by atoms with Crippen molar-refractivity contribution in [2.45, 2.75) is 6.42 Å². The molecule has 1 aromatic carbocycles. The van der Waals surface area contributed by atoms with Crippen molar-refractivity contribution in [2.24, 2.45) is 5.73 Å². The predicted molar refractivity (Wildman–Crippen MR) is 67.6 cm³/mol. The summed E-state index contributed by atoms with van der Waals surface area (Å²) in [6.45, 7) is 0.252. The summed E-state index contributed by atoms with van der Waals surface area (Å²) in [6.07, 6.45) is 0.335. The normalized spacial score (nSPS) is 9.67. The fourth-order valence-corrected chi connectivity index (χ4v) is 1.60. The molecule has 1 rings (SSSR count). The number of nitrogens with one attached hydrogen (secondary N) is 1. The Labute approximate surface area is 102 Å². The van der Waals surface area contributed by atoms with E-state index in [-0.39, 0.29) is 17.4 Å². The average molecular weight is 287 g/mol. The van der Waals surface area contributed by atoms with E-state index in [1.165, 1.54) is 0 Å². The average Bonchev–Trinajstić information content (AvgIpc) is 2.15. The van der Waals surface area contributed by atoms with Crippen LogP contribution in [-0.2, 0) is 11.2 Å². The first-order chi connectivity index (χ1) is 7.08. The topological polar surface area (TPSA) is 55.1 Å². The Hall–Kier alpha value is -0.940. The van der Waals surface area contributed by atoms with Crippen LogP contribution in [0.25, 0.3) is 0 Å². The highest BCUT2D eigenvalue weighted by molar-refractivity contribution is 9.10. The van der Waals surface area contributed by atoms with E-state index in [4.69, 9.17) is 5.73 Å². The van der Waals surface area contributed by atoms with E-state index in [0.29, 0.717) is 6.42 Å². The van der Waals surface area contributed by atoms with Gasteiger partial charge in [-0.05, 0) is 17.7 Å². The number of hydrogen-bond donors (Lipinski definition) is 2. The first kappa shape index (κ1) is 12.1. The van der Waals surface area contributed by atoms with Crippen molar-refractivity contribution in [1.29, 1.82) is 0 Å². The van der Waals surface area contributed by atoms with Crippen molar-refractivity contribution >= 4 is 39.0 Å². The second-order valence-corrected chi connectivity index (χ2v) is 4.49. The molecule has 0 bridgehead atoms. The Bertz CT molecular complexity index is 381. The van der Waals surface area contributed by atoms with Gasteiger partial charge < -0.3 is 11.1 Å². The van der Waals surface area contributed by atoms with Crippen LogP contribution in [0.4, 0.5) is 0 Å². The summed E-state index contributed by atoms with van der Waals surface area (Å²) in [5, 5.41) is 2.63.